The lowest BCUT2D eigenvalue weighted by molar-refractivity contribution is -0.151. The Labute approximate surface area is 298 Å². The van der Waals surface area contributed by atoms with Crippen LogP contribution in [0.15, 0.2) is 35.9 Å². The number of aliphatic hydroxyl groups is 1. The largest absolute Gasteiger partial charge is 0.457 e. The van der Waals surface area contributed by atoms with E-state index in [0.717, 1.165) is 13.1 Å². The Hall–Kier alpha value is -3.00. The van der Waals surface area contributed by atoms with Crippen molar-refractivity contribution in [1.29, 1.82) is 0 Å². The molecule has 0 aliphatic carbocycles. The van der Waals surface area contributed by atoms with Crippen LogP contribution in [0, 0.1) is 17.7 Å². The number of piperazine rings is 1. The minimum absolute atomic E-state index is 0.0362. The highest BCUT2D eigenvalue weighted by molar-refractivity contribution is 7.88. The van der Waals surface area contributed by atoms with Crippen molar-refractivity contribution in [3.63, 3.8) is 0 Å². The summed E-state index contributed by atoms with van der Waals surface area (Å²) in [6.07, 6.45) is 6.30. The first-order chi connectivity index (χ1) is 23.5. The van der Waals surface area contributed by atoms with Gasteiger partial charge in [-0.25, -0.2) is 21.9 Å². The molecule has 5 atom stereocenters. The number of likely N-dealkylation sites (N-methyl/N-ethyl adjacent to an activating group) is 1. The number of benzene rings is 1. The quantitative estimate of drug-likeness (QED) is 0.310. The van der Waals surface area contributed by atoms with E-state index in [4.69, 9.17) is 9.47 Å². The maximum absolute atomic E-state index is 15.2. The van der Waals surface area contributed by atoms with Crippen molar-refractivity contribution in [2.75, 3.05) is 57.5 Å². The van der Waals surface area contributed by atoms with Gasteiger partial charge in [0.05, 0.1) is 18.8 Å². The molecule has 0 bridgehead atoms. The van der Waals surface area contributed by atoms with Gasteiger partial charge in [-0.15, -0.1) is 0 Å². The first-order valence-corrected chi connectivity index (χ1v) is 19.8. The minimum atomic E-state index is -3.27. The Morgan fingerprint density at radius 2 is 1.70 bits per heavy atom. The second-order valence-corrected chi connectivity index (χ2v) is 16.7. The van der Waals surface area contributed by atoms with Gasteiger partial charge in [-0.05, 0) is 94.8 Å². The van der Waals surface area contributed by atoms with Crippen LogP contribution < -0.4 is 4.90 Å². The Balaban J connectivity index is 1.58. The predicted octanol–water partition coefficient (Wildman–Crippen LogP) is 4.91. The zero-order valence-corrected chi connectivity index (χ0v) is 31.6. The number of hydrogen-bond donors (Lipinski definition) is 1. The number of carbonyl (C=O) groups excluding carboxylic acids is 2. The van der Waals surface area contributed by atoms with E-state index in [1.165, 1.54) is 22.7 Å². The van der Waals surface area contributed by atoms with Crippen LogP contribution in [0.1, 0.15) is 72.3 Å². The zero-order chi connectivity index (χ0) is 36.7. The number of piperidine rings is 1. The predicted molar refractivity (Wildman–Crippen MR) is 194 cm³/mol. The molecule has 280 valence electrons. The molecule has 4 rings (SSSR count). The molecule has 3 aliphatic rings. The molecule has 0 saturated carbocycles. The van der Waals surface area contributed by atoms with E-state index in [0.29, 0.717) is 68.7 Å². The standard InChI is InChI=1S/C37H57FN4O7S/c1-25(2)42(31-12-14-41(15-13-31)50(7,46)47)32-22-29(21-30(38)23-32)20-28(5)36-27(4)9-11-34(26(3)8-10-33(43)24-35(44)49-36)48-37(45)40-18-16-39(6)17-19-40/h9,11,20-23,25-27,31,33-34,36,43H,8,10,12-19,24H2,1-7H3/b11-9-,28-20+/t26-,27-,33+,34-,36-/m0/s1. The van der Waals surface area contributed by atoms with Gasteiger partial charge in [-0.2, -0.15) is 0 Å². The molecule has 1 aromatic carbocycles. The summed E-state index contributed by atoms with van der Waals surface area (Å²) in [4.78, 5) is 32.2. The van der Waals surface area contributed by atoms with Crippen LogP contribution in [0.5, 0.6) is 0 Å². The first-order valence-electron chi connectivity index (χ1n) is 17.9. The molecule has 2 fully saturated rings. The fourth-order valence-corrected chi connectivity index (χ4v) is 8.06. The van der Waals surface area contributed by atoms with Gasteiger partial charge in [0.25, 0.3) is 0 Å². The number of hydrogen-bond acceptors (Lipinski definition) is 9. The Kier molecular flexibility index (Phi) is 13.9. The van der Waals surface area contributed by atoms with Crippen molar-refractivity contribution < 1.29 is 37.0 Å². The smallest absolute Gasteiger partial charge is 0.410 e. The summed E-state index contributed by atoms with van der Waals surface area (Å²) < 4.78 is 52.9. The van der Waals surface area contributed by atoms with E-state index >= 15 is 4.39 Å². The fourth-order valence-electron chi connectivity index (χ4n) is 7.19. The first kappa shape index (κ1) is 39.8. The number of esters is 1. The maximum Gasteiger partial charge on any atom is 0.410 e. The molecule has 2 saturated heterocycles. The molecule has 1 amide bonds. The molecule has 11 nitrogen and oxygen atoms in total. The van der Waals surface area contributed by atoms with Crippen molar-refractivity contribution in [1.82, 2.24) is 14.1 Å². The second-order valence-electron chi connectivity index (χ2n) is 14.7. The summed E-state index contributed by atoms with van der Waals surface area (Å²) in [6.45, 7) is 13.4. The molecule has 50 heavy (non-hydrogen) atoms. The van der Waals surface area contributed by atoms with Crippen molar-refractivity contribution in [3.05, 3.63) is 47.3 Å². The number of carbonyl (C=O) groups is 2. The van der Waals surface area contributed by atoms with Gasteiger partial charge in [0.15, 0.2) is 0 Å². The summed E-state index contributed by atoms with van der Waals surface area (Å²) in [6, 6.07) is 4.93. The summed E-state index contributed by atoms with van der Waals surface area (Å²) in [7, 11) is -1.25. The van der Waals surface area contributed by atoms with E-state index in [-0.39, 0.29) is 36.4 Å². The minimum Gasteiger partial charge on any atom is -0.457 e. The average molecular weight is 721 g/mol. The molecule has 0 unspecified atom stereocenters. The van der Waals surface area contributed by atoms with Crippen LogP contribution in [0.25, 0.3) is 6.08 Å². The van der Waals surface area contributed by atoms with Gasteiger partial charge in [0.1, 0.15) is 18.0 Å². The lowest BCUT2D eigenvalue weighted by atomic mass is 9.91. The summed E-state index contributed by atoms with van der Waals surface area (Å²) in [5.74, 6) is -1.35. The Morgan fingerprint density at radius 3 is 2.32 bits per heavy atom. The van der Waals surface area contributed by atoms with E-state index in [1.54, 1.807) is 4.90 Å². The topological polar surface area (TPSA) is 120 Å². The summed E-state index contributed by atoms with van der Waals surface area (Å²) in [5, 5.41) is 10.7. The lowest BCUT2D eigenvalue weighted by Gasteiger charge is -2.41. The van der Waals surface area contributed by atoms with Gasteiger partial charge in [-0.3, -0.25) is 4.79 Å². The Morgan fingerprint density at radius 1 is 1.04 bits per heavy atom. The molecule has 0 spiro atoms. The summed E-state index contributed by atoms with van der Waals surface area (Å²) >= 11 is 0. The monoisotopic (exact) mass is 720 g/mol. The van der Waals surface area contributed by atoms with Crippen molar-refractivity contribution in [3.8, 4) is 0 Å². The molecule has 0 aromatic heterocycles. The van der Waals surface area contributed by atoms with Crippen LogP contribution in [0.2, 0.25) is 0 Å². The van der Waals surface area contributed by atoms with Crippen LogP contribution >= 0.6 is 0 Å². The fraction of sp³-hybridized carbons (Fsp3) is 0.676. The SMILES string of the molecule is C/C(=C\c1cc(F)cc(N(C(C)C)C2CCN(S(C)(=O)=O)CC2)c1)[C@H]1OC(=O)C[C@H](O)CC[C@H](C)[C@@H](OC(=O)N2CCN(C)CC2)/C=C\[C@@H]1C. The summed E-state index contributed by atoms with van der Waals surface area (Å²) in [5.41, 5.74) is 1.99. The molecule has 3 aliphatic heterocycles. The number of amides is 1. The third-order valence-electron chi connectivity index (χ3n) is 10.1. The third kappa shape index (κ3) is 11.0. The number of halogens is 1. The van der Waals surface area contributed by atoms with Crippen molar-refractivity contribution >= 4 is 33.8 Å². The van der Waals surface area contributed by atoms with Crippen LogP contribution in [-0.2, 0) is 24.3 Å². The highest BCUT2D eigenvalue weighted by Gasteiger charge is 2.32. The zero-order valence-electron chi connectivity index (χ0n) is 30.8. The second kappa shape index (κ2) is 17.5. The number of cyclic esters (lactones) is 1. The molecule has 1 aromatic rings. The van der Waals surface area contributed by atoms with Gasteiger partial charge >= 0.3 is 12.1 Å². The van der Waals surface area contributed by atoms with Gasteiger partial charge < -0.3 is 29.3 Å². The van der Waals surface area contributed by atoms with Crippen LogP contribution in [0.4, 0.5) is 14.9 Å². The maximum atomic E-state index is 15.2. The molecule has 13 heteroatoms. The number of rotatable bonds is 7. The van der Waals surface area contributed by atoms with Crippen LogP contribution in [0.3, 0.4) is 0 Å². The van der Waals surface area contributed by atoms with Crippen LogP contribution in [-0.4, -0.2) is 123 Å². The number of anilines is 1. The molecule has 1 N–H and O–H groups in total. The van der Waals surface area contributed by atoms with E-state index in [9.17, 15) is 23.1 Å². The Bertz CT molecular complexity index is 1490. The highest BCUT2D eigenvalue weighted by atomic mass is 32.2. The molecular formula is C37H57FN4O7S. The molecular weight excluding hydrogens is 663 g/mol. The highest BCUT2D eigenvalue weighted by Crippen LogP contribution is 2.31. The number of nitrogens with zero attached hydrogens (tertiary/aromatic N) is 4. The van der Waals surface area contributed by atoms with Gasteiger partial charge in [0.2, 0.25) is 10.0 Å². The lowest BCUT2D eigenvalue weighted by Crippen LogP contribution is -2.49. The number of sulfonamides is 1. The van der Waals surface area contributed by atoms with Gasteiger partial charge in [-0.1, -0.05) is 26.0 Å². The number of aliphatic hydroxyl groups excluding tert-OH is 1. The van der Waals surface area contributed by atoms with E-state index in [1.807, 2.05) is 66.0 Å². The average Bonchev–Trinajstić information content (AvgIpc) is 3.03. The van der Waals surface area contributed by atoms with Crippen molar-refractivity contribution in [2.24, 2.45) is 11.8 Å². The van der Waals surface area contributed by atoms with E-state index < -0.39 is 40.1 Å². The molecule has 3 heterocycles. The third-order valence-corrected chi connectivity index (χ3v) is 11.4. The van der Waals surface area contributed by atoms with E-state index in [2.05, 4.69) is 9.80 Å². The van der Waals surface area contributed by atoms with Gasteiger partial charge in [0, 0.05) is 63.0 Å². The normalized spacial score (nSPS) is 28.0. The number of ether oxygens (including phenoxy) is 2. The molecule has 0 radical (unpaired) electrons. The van der Waals surface area contributed by atoms with Crippen molar-refractivity contribution in [2.45, 2.75) is 97.1 Å².